The summed E-state index contributed by atoms with van der Waals surface area (Å²) < 4.78 is 4.98. The molecule has 1 heterocycles. The van der Waals surface area contributed by atoms with Crippen LogP contribution in [-0.4, -0.2) is 60.5 Å². The predicted molar refractivity (Wildman–Crippen MR) is 102 cm³/mol. The van der Waals surface area contributed by atoms with Crippen LogP contribution in [0, 0.1) is 18.8 Å². The van der Waals surface area contributed by atoms with Crippen molar-refractivity contribution in [1.82, 2.24) is 9.80 Å². The molecule has 1 aromatic rings. The first kappa shape index (κ1) is 19.5. The number of amides is 3. The van der Waals surface area contributed by atoms with Gasteiger partial charge in [-0.1, -0.05) is 17.7 Å². The van der Waals surface area contributed by atoms with Crippen molar-refractivity contribution in [1.29, 1.82) is 0 Å². The van der Waals surface area contributed by atoms with Gasteiger partial charge in [-0.25, -0.2) is 4.79 Å². The predicted octanol–water partition coefficient (Wildman–Crippen LogP) is 2.52. The summed E-state index contributed by atoms with van der Waals surface area (Å²) >= 11 is 6.08. The fraction of sp³-hybridized carbons (Fsp3) is 0.526. The first-order valence-corrected chi connectivity index (χ1v) is 9.56. The van der Waals surface area contributed by atoms with Crippen LogP contribution in [0.4, 0.5) is 10.5 Å². The Kier molecular flexibility index (Phi) is 5.89. The van der Waals surface area contributed by atoms with Crippen LogP contribution in [-0.2, 0) is 14.3 Å². The molecule has 1 N–H and O–H groups in total. The number of nitrogens with one attached hydrogen (secondary N) is 1. The third-order valence-corrected chi connectivity index (χ3v) is 5.50. The van der Waals surface area contributed by atoms with Crippen LogP contribution in [0.5, 0.6) is 0 Å². The van der Waals surface area contributed by atoms with Gasteiger partial charge in [-0.2, -0.15) is 0 Å². The standard InChI is InChI=1S/C19H24ClN3O4/c1-3-27-19(26)23-9-7-22(8-10-23)18(25)14-11-13(14)17(24)21-16-6-4-5-15(20)12(16)2/h4-6,13-14H,3,7-11H2,1-2H3,(H,21,24). The van der Waals surface area contributed by atoms with Crippen LogP contribution in [0.25, 0.3) is 0 Å². The number of piperazine rings is 1. The normalized spacial score (nSPS) is 21.6. The third-order valence-electron chi connectivity index (χ3n) is 5.09. The number of anilines is 1. The molecule has 2 aliphatic rings. The molecule has 2 atom stereocenters. The fourth-order valence-corrected chi connectivity index (χ4v) is 3.46. The Morgan fingerprint density at radius 1 is 1.15 bits per heavy atom. The fourth-order valence-electron chi connectivity index (χ4n) is 3.28. The minimum Gasteiger partial charge on any atom is -0.450 e. The number of halogens is 1. The van der Waals surface area contributed by atoms with Crippen LogP contribution in [0.1, 0.15) is 18.9 Å². The number of carbonyl (C=O) groups excluding carboxylic acids is 3. The largest absolute Gasteiger partial charge is 0.450 e. The Hall–Kier alpha value is -2.28. The average Bonchev–Trinajstić information content (AvgIpc) is 3.46. The van der Waals surface area contributed by atoms with Crippen molar-refractivity contribution >= 4 is 35.2 Å². The molecule has 3 amide bonds. The number of benzene rings is 1. The van der Waals surface area contributed by atoms with E-state index in [1.54, 1.807) is 34.9 Å². The quantitative estimate of drug-likeness (QED) is 0.852. The lowest BCUT2D eigenvalue weighted by Gasteiger charge is -2.34. The molecule has 1 saturated heterocycles. The molecule has 1 aliphatic carbocycles. The highest BCUT2D eigenvalue weighted by Crippen LogP contribution is 2.41. The van der Waals surface area contributed by atoms with Crippen molar-refractivity contribution in [2.24, 2.45) is 11.8 Å². The summed E-state index contributed by atoms with van der Waals surface area (Å²) in [7, 11) is 0. The van der Waals surface area contributed by atoms with Crippen molar-refractivity contribution in [3.8, 4) is 0 Å². The number of hydrogen-bond donors (Lipinski definition) is 1. The van der Waals surface area contributed by atoms with Gasteiger partial charge >= 0.3 is 6.09 Å². The van der Waals surface area contributed by atoms with Crippen molar-refractivity contribution in [2.45, 2.75) is 20.3 Å². The summed E-state index contributed by atoms with van der Waals surface area (Å²) in [6.45, 7) is 5.79. The van der Waals surface area contributed by atoms with E-state index in [0.29, 0.717) is 49.9 Å². The lowest BCUT2D eigenvalue weighted by Crippen LogP contribution is -2.51. The van der Waals surface area contributed by atoms with E-state index in [1.165, 1.54) is 0 Å². The SMILES string of the molecule is CCOC(=O)N1CCN(C(=O)C2CC2C(=O)Nc2cccc(Cl)c2C)CC1. The molecule has 8 heteroatoms. The second kappa shape index (κ2) is 8.17. The second-order valence-corrected chi connectivity index (χ2v) is 7.27. The molecule has 0 spiro atoms. The Morgan fingerprint density at radius 3 is 2.48 bits per heavy atom. The van der Waals surface area contributed by atoms with E-state index in [-0.39, 0.29) is 29.7 Å². The molecule has 1 saturated carbocycles. The smallest absolute Gasteiger partial charge is 0.409 e. The molecule has 0 aromatic heterocycles. The Bertz CT molecular complexity index is 746. The molecule has 0 radical (unpaired) electrons. The van der Waals surface area contributed by atoms with E-state index in [2.05, 4.69) is 5.32 Å². The van der Waals surface area contributed by atoms with Gasteiger partial charge in [-0.3, -0.25) is 9.59 Å². The maximum Gasteiger partial charge on any atom is 0.409 e. The molecule has 1 aliphatic heterocycles. The van der Waals surface area contributed by atoms with Gasteiger partial charge in [0.05, 0.1) is 18.4 Å². The molecule has 7 nitrogen and oxygen atoms in total. The highest BCUT2D eigenvalue weighted by Gasteiger charge is 2.49. The molecular formula is C19H24ClN3O4. The summed E-state index contributed by atoms with van der Waals surface area (Å²) in [5.41, 5.74) is 1.49. The monoisotopic (exact) mass is 393 g/mol. The van der Waals surface area contributed by atoms with Crippen molar-refractivity contribution in [2.75, 3.05) is 38.1 Å². The van der Waals surface area contributed by atoms with Crippen LogP contribution in [0.2, 0.25) is 5.02 Å². The first-order chi connectivity index (χ1) is 12.9. The lowest BCUT2D eigenvalue weighted by molar-refractivity contribution is -0.135. The average molecular weight is 394 g/mol. The molecular weight excluding hydrogens is 370 g/mol. The summed E-state index contributed by atoms with van der Waals surface area (Å²) in [5.74, 6) is -0.747. The van der Waals surface area contributed by atoms with Crippen LogP contribution >= 0.6 is 11.6 Å². The maximum atomic E-state index is 12.6. The molecule has 2 fully saturated rings. The maximum absolute atomic E-state index is 12.6. The zero-order valence-electron chi connectivity index (χ0n) is 15.5. The minimum atomic E-state index is -0.342. The van der Waals surface area contributed by atoms with Crippen LogP contribution in [0.15, 0.2) is 18.2 Å². The van der Waals surface area contributed by atoms with Gasteiger partial charge in [0.25, 0.3) is 0 Å². The Labute approximate surface area is 163 Å². The van der Waals surface area contributed by atoms with E-state index in [4.69, 9.17) is 16.3 Å². The number of rotatable bonds is 4. The van der Waals surface area contributed by atoms with E-state index in [9.17, 15) is 14.4 Å². The highest BCUT2D eigenvalue weighted by atomic mass is 35.5. The van der Waals surface area contributed by atoms with Gasteiger partial charge in [-0.15, -0.1) is 0 Å². The lowest BCUT2D eigenvalue weighted by atomic mass is 10.2. The van der Waals surface area contributed by atoms with E-state index in [0.717, 1.165) is 5.56 Å². The number of nitrogens with zero attached hydrogens (tertiary/aromatic N) is 2. The van der Waals surface area contributed by atoms with Gasteiger partial charge in [-0.05, 0) is 38.0 Å². The molecule has 3 rings (SSSR count). The summed E-state index contributed by atoms with van der Waals surface area (Å²) in [5, 5.41) is 3.47. The van der Waals surface area contributed by atoms with E-state index >= 15 is 0 Å². The van der Waals surface area contributed by atoms with Gasteiger partial charge in [0.15, 0.2) is 0 Å². The zero-order chi connectivity index (χ0) is 19.6. The number of carbonyl (C=O) groups is 3. The summed E-state index contributed by atoms with van der Waals surface area (Å²) in [6, 6.07) is 5.35. The summed E-state index contributed by atoms with van der Waals surface area (Å²) in [4.78, 5) is 40.2. The van der Waals surface area contributed by atoms with E-state index < -0.39 is 0 Å². The first-order valence-electron chi connectivity index (χ1n) is 9.18. The van der Waals surface area contributed by atoms with E-state index in [1.807, 2.05) is 6.92 Å². The minimum absolute atomic E-state index is 0.0125. The molecule has 146 valence electrons. The topological polar surface area (TPSA) is 79.0 Å². The molecule has 0 bridgehead atoms. The second-order valence-electron chi connectivity index (χ2n) is 6.86. The van der Waals surface area contributed by atoms with Gasteiger partial charge < -0.3 is 19.9 Å². The molecule has 2 unspecified atom stereocenters. The summed E-state index contributed by atoms with van der Waals surface area (Å²) in [6.07, 6.45) is 0.215. The van der Waals surface area contributed by atoms with Gasteiger partial charge in [0.2, 0.25) is 11.8 Å². The Balaban J connectivity index is 1.50. The van der Waals surface area contributed by atoms with Crippen LogP contribution in [0.3, 0.4) is 0 Å². The van der Waals surface area contributed by atoms with Crippen molar-refractivity contribution in [3.63, 3.8) is 0 Å². The number of ether oxygens (including phenoxy) is 1. The third kappa shape index (κ3) is 4.35. The Morgan fingerprint density at radius 2 is 1.81 bits per heavy atom. The highest BCUT2D eigenvalue weighted by molar-refractivity contribution is 6.31. The molecule has 1 aromatic carbocycles. The van der Waals surface area contributed by atoms with Crippen LogP contribution < -0.4 is 5.32 Å². The molecule has 27 heavy (non-hydrogen) atoms. The van der Waals surface area contributed by atoms with Crippen molar-refractivity contribution < 1.29 is 19.1 Å². The van der Waals surface area contributed by atoms with Crippen molar-refractivity contribution in [3.05, 3.63) is 28.8 Å². The number of hydrogen-bond acceptors (Lipinski definition) is 4. The van der Waals surface area contributed by atoms with Gasteiger partial charge in [0, 0.05) is 36.9 Å². The van der Waals surface area contributed by atoms with Gasteiger partial charge in [0.1, 0.15) is 0 Å². The zero-order valence-corrected chi connectivity index (χ0v) is 16.3.